The maximum absolute atomic E-state index is 12.0. The molecule has 114 valence electrons. The summed E-state index contributed by atoms with van der Waals surface area (Å²) in [4.78, 5) is 17.9. The average Bonchev–Trinajstić information content (AvgIpc) is 3.14. The largest absolute Gasteiger partial charge is 0.390 e. The number of amides is 1. The van der Waals surface area contributed by atoms with Crippen molar-refractivity contribution >= 4 is 34.6 Å². The minimum atomic E-state index is -0.174. The number of rotatable bonds is 4. The molecule has 2 heterocycles. The Morgan fingerprint density at radius 2 is 2.18 bits per heavy atom. The highest BCUT2D eigenvalue weighted by molar-refractivity contribution is 7.12. The van der Waals surface area contributed by atoms with Crippen LogP contribution in [0.25, 0.3) is 0 Å². The Balaban J connectivity index is 1.53. The van der Waals surface area contributed by atoms with Crippen molar-refractivity contribution in [3.05, 3.63) is 56.7 Å². The van der Waals surface area contributed by atoms with Gasteiger partial charge in [0.05, 0.1) is 17.3 Å². The number of carbonyl (C=O) groups is 1. The van der Waals surface area contributed by atoms with Crippen molar-refractivity contribution in [3.8, 4) is 0 Å². The minimum Gasteiger partial charge on any atom is -0.390 e. The number of hydrogen-bond donors (Lipinski definition) is 1. The van der Waals surface area contributed by atoms with Crippen LogP contribution in [-0.2, 0) is 4.84 Å². The fraction of sp³-hybridized carbons (Fsp3) is 0.250. The Morgan fingerprint density at radius 1 is 1.41 bits per heavy atom. The first-order valence-corrected chi connectivity index (χ1v) is 8.20. The Morgan fingerprint density at radius 3 is 2.86 bits per heavy atom. The summed E-state index contributed by atoms with van der Waals surface area (Å²) < 4.78 is 0. The van der Waals surface area contributed by atoms with Gasteiger partial charge in [-0.15, -0.1) is 11.3 Å². The Kier molecular flexibility index (Phi) is 4.45. The van der Waals surface area contributed by atoms with Gasteiger partial charge < -0.3 is 10.2 Å². The summed E-state index contributed by atoms with van der Waals surface area (Å²) in [5, 5.41) is 9.23. The number of aryl methyl sites for hydroxylation is 1. The molecule has 1 N–H and O–H groups in total. The Labute approximate surface area is 137 Å². The van der Waals surface area contributed by atoms with Gasteiger partial charge in [0.15, 0.2) is 0 Å². The smallest absolute Gasteiger partial charge is 0.263 e. The van der Waals surface area contributed by atoms with Crippen molar-refractivity contribution in [2.75, 3.05) is 6.54 Å². The molecule has 1 aromatic heterocycles. The van der Waals surface area contributed by atoms with Crippen molar-refractivity contribution in [1.29, 1.82) is 0 Å². The molecule has 2 aromatic rings. The number of carbonyl (C=O) groups excluding carboxylic acids is 1. The predicted octanol–water partition coefficient (Wildman–Crippen LogP) is 3.63. The zero-order chi connectivity index (χ0) is 15.5. The van der Waals surface area contributed by atoms with Gasteiger partial charge in [-0.05, 0) is 23.9 Å². The molecule has 0 saturated heterocycles. The first-order valence-electron chi connectivity index (χ1n) is 6.94. The predicted molar refractivity (Wildman–Crippen MR) is 88.9 cm³/mol. The molecule has 4 nitrogen and oxygen atoms in total. The van der Waals surface area contributed by atoms with Gasteiger partial charge in [0.25, 0.3) is 5.91 Å². The van der Waals surface area contributed by atoms with Crippen molar-refractivity contribution in [3.63, 3.8) is 0 Å². The van der Waals surface area contributed by atoms with Crippen molar-refractivity contribution in [1.82, 2.24) is 5.32 Å². The molecule has 1 aliphatic heterocycles. The third-order valence-electron chi connectivity index (χ3n) is 3.43. The molecule has 1 aromatic carbocycles. The highest BCUT2D eigenvalue weighted by Crippen LogP contribution is 2.22. The first kappa shape index (κ1) is 15.1. The van der Waals surface area contributed by atoms with Gasteiger partial charge in [-0.2, -0.15) is 0 Å². The molecule has 1 aliphatic rings. The summed E-state index contributed by atoms with van der Waals surface area (Å²) in [5.41, 5.74) is 3.18. The van der Waals surface area contributed by atoms with Crippen LogP contribution in [-0.4, -0.2) is 24.3 Å². The number of nitrogens with zero attached hydrogens (tertiary/aromatic N) is 1. The van der Waals surface area contributed by atoms with E-state index in [-0.39, 0.29) is 12.0 Å². The van der Waals surface area contributed by atoms with Crippen molar-refractivity contribution in [2.24, 2.45) is 5.16 Å². The van der Waals surface area contributed by atoms with E-state index in [2.05, 4.69) is 10.5 Å². The lowest BCUT2D eigenvalue weighted by Gasteiger charge is -2.09. The standard InChI is InChI=1S/C16H15ClN2O2S/c1-10-2-4-11(5-3-10)14-8-12(21-19-14)9-18-16(20)15-13(17)6-7-22-15/h2-7,12H,8-9H2,1H3,(H,18,20). The van der Waals surface area contributed by atoms with Crippen LogP contribution in [0.3, 0.4) is 0 Å². The number of oxime groups is 1. The molecule has 3 rings (SSSR count). The molecule has 6 heteroatoms. The Hall–Kier alpha value is -1.85. The van der Waals surface area contributed by atoms with E-state index in [4.69, 9.17) is 16.4 Å². The van der Waals surface area contributed by atoms with Crippen LogP contribution >= 0.6 is 22.9 Å². The maximum Gasteiger partial charge on any atom is 0.263 e. The van der Waals surface area contributed by atoms with Gasteiger partial charge >= 0.3 is 0 Å². The maximum atomic E-state index is 12.0. The quantitative estimate of drug-likeness (QED) is 0.928. The van der Waals surface area contributed by atoms with E-state index in [0.29, 0.717) is 22.9 Å². The van der Waals surface area contributed by atoms with E-state index >= 15 is 0 Å². The SMILES string of the molecule is Cc1ccc(C2=NOC(CNC(=O)c3sccc3Cl)C2)cc1. The molecule has 1 atom stereocenters. The molecular weight excluding hydrogens is 320 g/mol. The van der Waals surface area contributed by atoms with Gasteiger partial charge in [0.2, 0.25) is 0 Å². The molecule has 0 fully saturated rings. The van der Waals surface area contributed by atoms with Gasteiger partial charge in [0, 0.05) is 6.42 Å². The second kappa shape index (κ2) is 6.50. The lowest BCUT2D eigenvalue weighted by molar-refractivity contribution is 0.0756. The number of nitrogens with one attached hydrogen (secondary N) is 1. The second-order valence-corrected chi connectivity index (χ2v) is 6.47. The lowest BCUT2D eigenvalue weighted by Crippen LogP contribution is -2.32. The van der Waals surface area contributed by atoms with Gasteiger partial charge in [-0.3, -0.25) is 4.79 Å². The zero-order valence-electron chi connectivity index (χ0n) is 12.0. The van der Waals surface area contributed by atoms with Crippen LogP contribution in [0.4, 0.5) is 0 Å². The average molecular weight is 335 g/mol. The molecule has 0 saturated carbocycles. The normalized spacial score (nSPS) is 17.0. The topological polar surface area (TPSA) is 50.7 Å². The van der Waals surface area contributed by atoms with Crippen molar-refractivity contribution in [2.45, 2.75) is 19.4 Å². The third kappa shape index (κ3) is 3.31. The summed E-state index contributed by atoms with van der Waals surface area (Å²) in [6.45, 7) is 2.46. The van der Waals surface area contributed by atoms with Gasteiger partial charge in [-0.1, -0.05) is 46.6 Å². The van der Waals surface area contributed by atoms with E-state index in [0.717, 1.165) is 11.3 Å². The van der Waals surface area contributed by atoms with Gasteiger partial charge in [0.1, 0.15) is 11.0 Å². The van der Waals surface area contributed by atoms with Crippen LogP contribution in [0.2, 0.25) is 5.02 Å². The molecule has 22 heavy (non-hydrogen) atoms. The monoisotopic (exact) mass is 334 g/mol. The summed E-state index contributed by atoms with van der Waals surface area (Å²) in [7, 11) is 0. The molecule has 0 bridgehead atoms. The first-order chi connectivity index (χ1) is 10.6. The number of halogens is 1. The van der Waals surface area contributed by atoms with Crippen LogP contribution < -0.4 is 5.32 Å². The molecule has 0 aliphatic carbocycles. The van der Waals surface area contributed by atoms with E-state index in [9.17, 15) is 4.79 Å². The third-order valence-corrected chi connectivity index (χ3v) is 4.77. The fourth-order valence-corrected chi connectivity index (χ4v) is 3.25. The molecule has 0 radical (unpaired) electrons. The fourth-order valence-electron chi connectivity index (χ4n) is 2.20. The van der Waals surface area contributed by atoms with E-state index < -0.39 is 0 Å². The number of hydrogen-bond acceptors (Lipinski definition) is 4. The van der Waals surface area contributed by atoms with Crippen molar-refractivity contribution < 1.29 is 9.63 Å². The highest BCUT2D eigenvalue weighted by atomic mass is 35.5. The van der Waals surface area contributed by atoms with E-state index in [1.54, 1.807) is 11.4 Å². The van der Waals surface area contributed by atoms with Gasteiger partial charge in [-0.25, -0.2) is 0 Å². The Bertz CT molecular complexity index is 709. The zero-order valence-corrected chi connectivity index (χ0v) is 13.6. The summed E-state index contributed by atoms with van der Waals surface area (Å²) in [5.74, 6) is -0.174. The molecule has 1 unspecified atom stereocenters. The number of benzene rings is 1. The summed E-state index contributed by atoms with van der Waals surface area (Å²) in [6.07, 6.45) is 0.542. The van der Waals surface area contributed by atoms with E-state index in [1.807, 2.05) is 31.2 Å². The highest BCUT2D eigenvalue weighted by Gasteiger charge is 2.23. The summed E-state index contributed by atoms with van der Waals surface area (Å²) >= 11 is 7.27. The lowest BCUT2D eigenvalue weighted by atomic mass is 10.0. The second-order valence-electron chi connectivity index (χ2n) is 5.14. The van der Waals surface area contributed by atoms with Crippen LogP contribution in [0.5, 0.6) is 0 Å². The number of thiophene rings is 1. The minimum absolute atomic E-state index is 0.140. The molecular formula is C16H15ClN2O2S. The van der Waals surface area contributed by atoms with Crippen LogP contribution in [0, 0.1) is 6.92 Å². The van der Waals surface area contributed by atoms with E-state index in [1.165, 1.54) is 16.9 Å². The van der Waals surface area contributed by atoms with Crippen LogP contribution in [0.1, 0.15) is 27.2 Å². The molecule has 1 amide bonds. The van der Waals surface area contributed by atoms with Crippen LogP contribution in [0.15, 0.2) is 40.9 Å². The molecule has 0 spiro atoms. The summed E-state index contributed by atoms with van der Waals surface area (Å²) in [6, 6.07) is 9.87.